The zero-order chi connectivity index (χ0) is 22.7. The molecule has 1 aliphatic rings. The van der Waals surface area contributed by atoms with Gasteiger partial charge in [0.15, 0.2) is 5.69 Å². The van der Waals surface area contributed by atoms with Crippen LogP contribution in [-0.2, 0) is 6.42 Å². The molecular weight excluding hydrogens is 422 g/mol. The molecule has 0 atom stereocenters. The third-order valence-electron chi connectivity index (χ3n) is 6.63. The zero-order valence-corrected chi connectivity index (χ0v) is 19.6. The van der Waals surface area contributed by atoms with Crippen molar-refractivity contribution in [3.05, 3.63) is 76.6 Å². The Hall–Kier alpha value is -2.70. The second-order valence-electron chi connectivity index (χ2n) is 8.93. The first-order chi connectivity index (χ1) is 15.4. The summed E-state index contributed by atoms with van der Waals surface area (Å²) < 4.78 is 0. The first kappa shape index (κ1) is 22.5. The summed E-state index contributed by atoms with van der Waals surface area (Å²) in [5, 5.41) is 12.8. The molecule has 168 valence electrons. The van der Waals surface area contributed by atoms with Gasteiger partial charge < -0.3 is 10.2 Å². The Morgan fingerprint density at radius 3 is 2.38 bits per heavy atom. The summed E-state index contributed by atoms with van der Waals surface area (Å²) in [7, 11) is 4.31. The summed E-state index contributed by atoms with van der Waals surface area (Å²) in [6.45, 7) is 1.82. The summed E-state index contributed by atoms with van der Waals surface area (Å²) in [5.74, 6) is -0.148. The molecule has 32 heavy (non-hydrogen) atoms. The Morgan fingerprint density at radius 1 is 1.09 bits per heavy atom. The third-order valence-corrected chi connectivity index (χ3v) is 6.88. The number of likely N-dealkylation sites (N-methyl/N-ethyl adjacent to an activating group) is 1. The number of carbonyl (C=O) groups is 1. The highest BCUT2D eigenvalue weighted by molar-refractivity contribution is 6.30. The Labute approximate surface area is 194 Å². The molecule has 1 aliphatic carbocycles. The van der Waals surface area contributed by atoms with Crippen LogP contribution in [-0.4, -0.2) is 51.5 Å². The van der Waals surface area contributed by atoms with Crippen molar-refractivity contribution in [2.45, 2.75) is 50.6 Å². The van der Waals surface area contributed by atoms with Crippen LogP contribution in [0, 0.1) is 6.92 Å². The van der Waals surface area contributed by atoms with Crippen molar-refractivity contribution >= 4 is 17.5 Å². The Balaban J connectivity index is 1.40. The van der Waals surface area contributed by atoms with Crippen LogP contribution < -0.4 is 5.32 Å². The molecule has 0 radical (unpaired) electrons. The van der Waals surface area contributed by atoms with Gasteiger partial charge in [-0.25, -0.2) is 0 Å². The molecule has 1 heterocycles. The Kier molecular flexibility index (Phi) is 6.63. The molecule has 0 saturated heterocycles. The second-order valence-corrected chi connectivity index (χ2v) is 9.37. The second kappa shape index (κ2) is 9.43. The predicted molar refractivity (Wildman–Crippen MR) is 127 cm³/mol. The standard InChI is InChI=1S/C25H30ClN5O/c1-18-23(29-31(28-18)22-7-5-4-6-8-22)24(32)27-21-13-15-25(16-14-21,30(2)3)17-19-9-11-20(26)12-10-19/h4-12,21H,13-17H2,1-3H3,(H,27,32). The minimum absolute atomic E-state index is 0.0847. The Morgan fingerprint density at radius 2 is 1.75 bits per heavy atom. The van der Waals surface area contributed by atoms with Crippen LogP contribution in [0.15, 0.2) is 54.6 Å². The van der Waals surface area contributed by atoms with E-state index in [1.54, 1.807) is 0 Å². The number of hydrogen-bond donors (Lipinski definition) is 1. The monoisotopic (exact) mass is 451 g/mol. The topological polar surface area (TPSA) is 63.1 Å². The van der Waals surface area contributed by atoms with Crippen molar-refractivity contribution in [3.63, 3.8) is 0 Å². The number of aryl methyl sites for hydroxylation is 1. The highest BCUT2D eigenvalue weighted by atomic mass is 35.5. The summed E-state index contributed by atoms with van der Waals surface area (Å²) in [6, 6.07) is 17.9. The van der Waals surface area contributed by atoms with Gasteiger partial charge in [-0.05, 0) is 83.0 Å². The minimum Gasteiger partial charge on any atom is -0.348 e. The largest absolute Gasteiger partial charge is 0.348 e. The molecule has 2 aromatic carbocycles. The summed E-state index contributed by atoms with van der Waals surface area (Å²) >= 11 is 6.06. The summed E-state index contributed by atoms with van der Waals surface area (Å²) in [4.78, 5) is 16.8. The van der Waals surface area contributed by atoms with Crippen molar-refractivity contribution in [3.8, 4) is 5.69 Å². The molecule has 4 rings (SSSR count). The van der Waals surface area contributed by atoms with Crippen molar-refractivity contribution < 1.29 is 4.79 Å². The maximum Gasteiger partial charge on any atom is 0.273 e. The smallest absolute Gasteiger partial charge is 0.273 e. The predicted octanol–water partition coefficient (Wildman–Crippen LogP) is 4.44. The fourth-order valence-electron chi connectivity index (χ4n) is 4.58. The molecule has 1 aromatic heterocycles. The van der Waals surface area contributed by atoms with Crippen molar-refractivity contribution in [1.29, 1.82) is 0 Å². The van der Waals surface area contributed by atoms with E-state index in [-0.39, 0.29) is 17.5 Å². The molecule has 0 spiro atoms. The van der Waals surface area contributed by atoms with E-state index in [1.165, 1.54) is 10.4 Å². The molecule has 6 nitrogen and oxygen atoms in total. The SMILES string of the molecule is Cc1nn(-c2ccccc2)nc1C(=O)NC1CCC(Cc2ccc(Cl)cc2)(N(C)C)CC1. The van der Waals surface area contributed by atoms with Crippen LogP contribution in [0.2, 0.25) is 5.02 Å². The zero-order valence-electron chi connectivity index (χ0n) is 18.9. The van der Waals surface area contributed by atoms with Gasteiger partial charge >= 0.3 is 0 Å². The van der Waals surface area contributed by atoms with E-state index in [1.807, 2.05) is 49.4 Å². The number of nitrogens with zero attached hydrogens (tertiary/aromatic N) is 4. The molecular formula is C25H30ClN5O. The number of halogens is 1. The molecule has 0 unspecified atom stereocenters. The summed E-state index contributed by atoms with van der Waals surface area (Å²) in [6.07, 6.45) is 4.88. The first-order valence-electron chi connectivity index (χ1n) is 11.1. The highest BCUT2D eigenvalue weighted by Crippen LogP contribution is 2.35. The van der Waals surface area contributed by atoms with Gasteiger partial charge in [0, 0.05) is 16.6 Å². The van der Waals surface area contributed by atoms with Gasteiger partial charge in [0.25, 0.3) is 5.91 Å². The lowest BCUT2D eigenvalue weighted by Gasteiger charge is -2.45. The lowest BCUT2D eigenvalue weighted by molar-refractivity contribution is 0.0766. The minimum atomic E-state index is -0.148. The fraction of sp³-hybridized carbons (Fsp3) is 0.400. The van der Waals surface area contributed by atoms with E-state index >= 15 is 0 Å². The van der Waals surface area contributed by atoms with E-state index in [9.17, 15) is 4.79 Å². The number of amides is 1. The first-order valence-corrected chi connectivity index (χ1v) is 11.5. The lowest BCUT2D eigenvalue weighted by Crippen LogP contribution is -2.52. The number of benzene rings is 2. The van der Waals surface area contributed by atoms with Crippen LogP contribution in [0.5, 0.6) is 0 Å². The normalized spacial score (nSPS) is 21.0. The van der Waals surface area contributed by atoms with Gasteiger partial charge in [-0.1, -0.05) is 41.9 Å². The molecule has 0 bridgehead atoms. The average Bonchev–Trinajstić information content (AvgIpc) is 3.19. The van der Waals surface area contributed by atoms with Crippen LogP contribution in [0.1, 0.15) is 47.4 Å². The maximum absolute atomic E-state index is 12.9. The quantitative estimate of drug-likeness (QED) is 0.601. The molecule has 0 aliphatic heterocycles. The van der Waals surface area contributed by atoms with E-state index in [0.29, 0.717) is 11.4 Å². The number of carbonyl (C=O) groups excluding carboxylic acids is 1. The van der Waals surface area contributed by atoms with E-state index < -0.39 is 0 Å². The molecule has 1 N–H and O–H groups in total. The number of rotatable bonds is 6. The van der Waals surface area contributed by atoms with Crippen LogP contribution in [0.25, 0.3) is 5.69 Å². The van der Waals surface area contributed by atoms with Gasteiger partial charge in [-0.2, -0.15) is 9.90 Å². The summed E-state index contributed by atoms with van der Waals surface area (Å²) in [5.41, 5.74) is 3.23. The van der Waals surface area contributed by atoms with Crippen molar-refractivity contribution in [2.75, 3.05) is 14.1 Å². The molecule has 1 saturated carbocycles. The molecule has 7 heteroatoms. The van der Waals surface area contributed by atoms with Gasteiger partial charge in [0.2, 0.25) is 0 Å². The van der Waals surface area contributed by atoms with Crippen molar-refractivity contribution in [2.24, 2.45) is 0 Å². The van der Waals surface area contributed by atoms with Crippen LogP contribution in [0.4, 0.5) is 0 Å². The molecule has 1 fully saturated rings. The average molecular weight is 452 g/mol. The van der Waals surface area contributed by atoms with Crippen LogP contribution in [0.3, 0.4) is 0 Å². The van der Waals surface area contributed by atoms with Gasteiger partial charge in [-0.15, -0.1) is 5.10 Å². The third kappa shape index (κ3) is 4.87. The van der Waals surface area contributed by atoms with Crippen LogP contribution >= 0.6 is 11.6 Å². The molecule has 1 amide bonds. The number of hydrogen-bond acceptors (Lipinski definition) is 4. The lowest BCUT2D eigenvalue weighted by atomic mass is 9.75. The van der Waals surface area contributed by atoms with Gasteiger partial charge in [-0.3, -0.25) is 4.79 Å². The van der Waals surface area contributed by atoms with Crippen molar-refractivity contribution in [1.82, 2.24) is 25.2 Å². The Bertz CT molecular complexity index is 1050. The van der Waals surface area contributed by atoms with E-state index in [0.717, 1.165) is 42.8 Å². The van der Waals surface area contributed by atoms with E-state index in [2.05, 4.69) is 46.6 Å². The number of aromatic nitrogens is 3. The fourth-order valence-corrected chi connectivity index (χ4v) is 4.71. The van der Waals surface area contributed by atoms with E-state index in [4.69, 9.17) is 11.6 Å². The highest BCUT2D eigenvalue weighted by Gasteiger charge is 2.38. The maximum atomic E-state index is 12.9. The number of nitrogens with one attached hydrogen (secondary N) is 1. The van der Waals surface area contributed by atoms with Gasteiger partial charge in [0.1, 0.15) is 0 Å². The van der Waals surface area contributed by atoms with Gasteiger partial charge in [0.05, 0.1) is 11.4 Å². The molecule has 3 aromatic rings. The number of para-hydroxylation sites is 1.